The second-order valence-corrected chi connectivity index (χ2v) is 5.52. The lowest BCUT2D eigenvalue weighted by molar-refractivity contribution is -0.0775. The molecule has 3 rings (SSSR count). The first-order valence-corrected chi connectivity index (χ1v) is 8.20. The number of amides is 1. The first kappa shape index (κ1) is 17.0. The average molecular weight is 356 g/mol. The Balaban J connectivity index is 1.77. The number of carbonyl (C=O) groups excluding carboxylic acids is 1. The quantitative estimate of drug-likeness (QED) is 0.207. The van der Waals surface area contributed by atoms with Crippen molar-refractivity contribution in [3.63, 3.8) is 0 Å². The Hall–Kier alpha value is -2.81. The van der Waals surface area contributed by atoms with E-state index in [2.05, 4.69) is 19.8 Å². The largest absolute Gasteiger partial charge is 0.350 e. The number of aryl methyl sites for hydroxylation is 1. The van der Waals surface area contributed by atoms with E-state index in [1.807, 2.05) is 37.3 Å². The SMILES string of the molecule is Cc1c(C(=O)NN=Cc2ccccc2)[nH]c2ccc(OOSN)cc12. The molecule has 0 unspecified atom stereocenters. The van der Waals surface area contributed by atoms with Gasteiger partial charge in [-0.3, -0.25) is 9.93 Å². The Morgan fingerprint density at radius 3 is 2.84 bits per heavy atom. The van der Waals surface area contributed by atoms with E-state index in [9.17, 15) is 4.79 Å². The highest BCUT2D eigenvalue weighted by Gasteiger charge is 2.15. The first-order valence-electron chi connectivity index (χ1n) is 7.40. The van der Waals surface area contributed by atoms with Gasteiger partial charge in [-0.25, -0.2) is 5.43 Å². The monoisotopic (exact) mass is 356 g/mol. The smallest absolute Gasteiger partial charge is 0.288 e. The second kappa shape index (κ2) is 7.84. The van der Waals surface area contributed by atoms with Crippen LogP contribution in [0.2, 0.25) is 0 Å². The molecule has 0 saturated heterocycles. The van der Waals surface area contributed by atoms with Gasteiger partial charge in [0.1, 0.15) is 17.9 Å². The predicted molar refractivity (Wildman–Crippen MR) is 98.0 cm³/mol. The van der Waals surface area contributed by atoms with Crippen molar-refractivity contribution in [2.24, 2.45) is 10.2 Å². The number of nitrogens with two attached hydrogens (primary N) is 1. The van der Waals surface area contributed by atoms with Gasteiger partial charge in [0, 0.05) is 10.9 Å². The molecule has 1 heterocycles. The fourth-order valence-corrected chi connectivity index (χ4v) is 2.52. The maximum atomic E-state index is 12.4. The third-order valence-electron chi connectivity index (χ3n) is 3.61. The number of hydrazone groups is 1. The van der Waals surface area contributed by atoms with Crippen LogP contribution in [0.15, 0.2) is 53.6 Å². The highest BCUT2D eigenvalue weighted by atomic mass is 32.2. The number of rotatable bonds is 6. The van der Waals surface area contributed by atoms with Gasteiger partial charge >= 0.3 is 0 Å². The van der Waals surface area contributed by atoms with Crippen molar-refractivity contribution in [2.75, 3.05) is 0 Å². The standard InChI is InChI=1S/C17H16N4O3S/c1-11-14-9-13(23-24-25-18)7-8-15(14)20-16(11)17(22)21-19-10-12-5-3-2-4-6-12/h2-10,20H,18H2,1H3,(H,21,22). The summed E-state index contributed by atoms with van der Waals surface area (Å²) in [7, 11) is 0. The minimum Gasteiger partial charge on any atom is -0.350 e. The fourth-order valence-electron chi connectivity index (χ4n) is 2.40. The molecule has 4 N–H and O–H groups in total. The van der Waals surface area contributed by atoms with Crippen LogP contribution in [0.4, 0.5) is 0 Å². The van der Waals surface area contributed by atoms with Gasteiger partial charge in [-0.1, -0.05) is 34.7 Å². The van der Waals surface area contributed by atoms with Crippen LogP contribution >= 0.6 is 12.2 Å². The minimum absolute atomic E-state index is 0.322. The van der Waals surface area contributed by atoms with Crippen LogP contribution in [0.25, 0.3) is 10.9 Å². The van der Waals surface area contributed by atoms with Crippen LogP contribution < -0.4 is 15.5 Å². The molecular weight excluding hydrogens is 340 g/mol. The van der Waals surface area contributed by atoms with E-state index in [1.54, 1.807) is 24.4 Å². The van der Waals surface area contributed by atoms with E-state index >= 15 is 0 Å². The molecule has 3 aromatic rings. The molecule has 1 amide bonds. The van der Waals surface area contributed by atoms with E-state index in [-0.39, 0.29) is 5.91 Å². The molecule has 25 heavy (non-hydrogen) atoms. The van der Waals surface area contributed by atoms with Gasteiger partial charge in [-0.2, -0.15) is 5.10 Å². The summed E-state index contributed by atoms with van der Waals surface area (Å²) in [6.07, 6.45) is 1.59. The van der Waals surface area contributed by atoms with Crippen LogP contribution in [0.3, 0.4) is 0 Å². The van der Waals surface area contributed by atoms with E-state index < -0.39 is 0 Å². The van der Waals surface area contributed by atoms with E-state index in [0.29, 0.717) is 23.7 Å². The molecule has 7 nitrogen and oxygen atoms in total. The Labute approximate surface area is 148 Å². The number of hydrogen-bond acceptors (Lipinski definition) is 6. The predicted octanol–water partition coefficient (Wildman–Crippen LogP) is 3.07. The normalized spacial score (nSPS) is 11.1. The van der Waals surface area contributed by atoms with Crippen molar-refractivity contribution in [1.29, 1.82) is 0 Å². The average Bonchev–Trinajstić information content (AvgIpc) is 2.97. The number of carbonyl (C=O) groups is 1. The molecule has 0 radical (unpaired) electrons. The summed E-state index contributed by atoms with van der Waals surface area (Å²) in [6.45, 7) is 1.84. The summed E-state index contributed by atoms with van der Waals surface area (Å²) >= 11 is 0.613. The van der Waals surface area contributed by atoms with Crippen molar-refractivity contribution in [3.05, 3.63) is 65.4 Å². The van der Waals surface area contributed by atoms with Gasteiger partial charge < -0.3 is 9.87 Å². The lowest BCUT2D eigenvalue weighted by atomic mass is 10.1. The molecule has 8 heteroatoms. The van der Waals surface area contributed by atoms with Crippen LogP contribution in [-0.4, -0.2) is 17.1 Å². The molecule has 0 aliphatic heterocycles. The highest BCUT2D eigenvalue weighted by Crippen LogP contribution is 2.26. The lowest BCUT2D eigenvalue weighted by Gasteiger charge is -2.01. The zero-order valence-electron chi connectivity index (χ0n) is 13.4. The Morgan fingerprint density at radius 2 is 2.08 bits per heavy atom. The molecule has 0 spiro atoms. The van der Waals surface area contributed by atoms with E-state index in [1.165, 1.54) is 0 Å². The van der Waals surface area contributed by atoms with Gasteiger partial charge in [0.25, 0.3) is 5.91 Å². The van der Waals surface area contributed by atoms with Crippen LogP contribution in [0.5, 0.6) is 5.75 Å². The van der Waals surface area contributed by atoms with Crippen molar-refractivity contribution in [3.8, 4) is 5.75 Å². The number of H-pyrrole nitrogens is 1. The molecule has 0 bridgehead atoms. The van der Waals surface area contributed by atoms with Crippen molar-refractivity contribution >= 4 is 35.3 Å². The lowest BCUT2D eigenvalue weighted by Crippen LogP contribution is -2.18. The molecule has 0 aliphatic carbocycles. The highest BCUT2D eigenvalue weighted by molar-refractivity contribution is 7.92. The Kier molecular flexibility index (Phi) is 5.34. The van der Waals surface area contributed by atoms with Gasteiger partial charge in [-0.15, -0.1) is 0 Å². The summed E-state index contributed by atoms with van der Waals surface area (Å²) in [5.41, 5.74) is 5.45. The third kappa shape index (κ3) is 4.00. The summed E-state index contributed by atoms with van der Waals surface area (Å²) < 4.78 is 4.64. The molecular formula is C17H16N4O3S. The third-order valence-corrected chi connectivity index (χ3v) is 3.75. The van der Waals surface area contributed by atoms with Crippen LogP contribution in [-0.2, 0) is 4.33 Å². The van der Waals surface area contributed by atoms with Crippen molar-refractivity contribution in [1.82, 2.24) is 10.4 Å². The number of nitrogens with zero attached hydrogens (tertiary/aromatic N) is 1. The number of aromatic nitrogens is 1. The topological polar surface area (TPSA) is 102 Å². The zero-order chi connectivity index (χ0) is 17.6. The van der Waals surface area contributed by atoms with Gasteiger partial charge in [0.05, 0.1) is 6.21 Å². The van der Waals surface area contributed by atoms with Crippen LogP contribution in [0.1, 0.15) is 21.6 Å². The second-order valence-electron chi connectivity index (χ2n) is 5.19. The Morgan fingerprint density at radius 1 is 1.28 bits per heavy atom. The van der Waals surface area contributed by atoms with Crippen molar-refractivity contribution < 1.29 is 14.0 Å². The molecule has 0 aliphatic rings. The van der Waals surface area contributed by atoms with Crippen molar-refractivity contribution in [2.45, 2.75) is 6.92 Å². The number of benzene rings is 2. The number of aromatic amines is 1. The van der Waals surface area contributed by atoms with E-state index in [0.717, 1.165) is 22.0 Å². The molecule has 128 valence electrons. The number of fused-ring (bicyclic) bond motifs is 1. The summed E-state index contributed by atoms with van der Waals surface area (Å²) in [5.74, 6) is 0.165. The van der Waals surface area contributed by atoms with E-state index in [4.69, 9.17) is 10.0 Å². The summed E-state index contributed by atoms with van der Waals surface area (Å²) in [6, 6.07) is 14.8. The molecule has 1 aromatic heterocycles. The summed E-state index contributed by atoms with van der Waals surface area (Å²) in [4.78, 5) is 20.4. The summed E-state index contributed by atoms with van der Waals surface area (Å²) in [5, 5.41) is 9.98. The maximum absolute atomic E-state index is 12.4. The molecule has 0 atom stereocenters. The molecule has 2 aromatic carbocycles. The zero-order valence-corrected chi connectivity index (χ0v) is 14.2. The number of nitrogens with one attached hydrogen (secondary N) is 2. The van der Waals surface area contributed by atoms with Gasteiger partial charge in [0.15, 0.2) is 5.75 Å². The minimum atomic E-state index is -0.322. The first-order chi connectivity index (χ1) is 12.2. The number of hydrogen-bond donors (Lipinski definition) is 3. The molecule has 0 fully saturated rings. The van der Waals surface area contributed by atoms with Gasteiger partial charge in [0.2, 0.25) is 0 Å². The van der Waals surface area contributed by atoms with Gasteiger partial charge in [-0.05, 0) is 36.2 Å². The molecule has 0 saturated carbocycles. The fraction of sp³-hybridized carbons (Fsp3) is 0.0588. The van der Waals surface area contributed by atoms with Crippen LogP contribution in [0, 0.1) is 6.92 Å². The Bertz CT molecular complexity index is 909. The maximum Gasteiger partial charge on any atom is 0.288 e.